The SMILES string of the molecule is C=C(C)C(=O)OCCOC(=O)C1=C(C)OC(N)=C(C#N)[C@@H]1c1cccc(Cl)c1. The van der Waals surface area contributed by atoms with Crippen LogP contribution in [0, 0.1) is 11.3 Å². The fourth-order valence-electron chi connectivity index (χ4n) is 2.64. The van der Waals surface area contributed by atoms with Gasteiger partial charge < -0.3 is 19.9 Å². The minimum Gasteiger partial charge on any atom is -0.459 e. The number of carbonyl (C=O) groups excluding carboxylic acids is 2. The van der Waals surface area contributed by atoms with Gasteiger partial charge in [0, 0.05) is 10.6 Å². The van der Waals surface area contributed by atoms with Gasteiger partial charge in [-0.25, -0.2) is 9.59 Å². The van der Waals surface area contributed by atoms with Gasteiger partial charge in [0.2, 0.25) is 5.88 Å². The second-order valence-electron chi connectivity index (χ2n) is 6.00. The van der Waals surface area contributed by atoms with Crippen LogP contribution in [-0.4, -0.2) is 25.2 Å². The first-order chi connectivity index (χ1) is 13.3. The van der Waals surface area contributed by atoms with Crippen LogP contribution in [0.3, 0.4) is 0 Å². The number of benzene rings is 1. The zero-order valence-electron chi connectivity index (χ0n) is 15.5. The van der Waals surface area contributed by atoms with E-state index in [0.29, 0.717) is 10.6 Å². The second kappa shape index (κ2) is 9.11. The van der Waals surface area contributed by atoms with E-state index in [1.165, 1.54) is 6.92 Å². The van der Waals surface area contributed by atoms with Crippen LogP contribution in [0.25, 0.3) is 0 Å². The quantitative estimate of drug-likeness (QED) is 0.442. The van der Waals surface area contributed by atoms with Crippen molar-refractivity contribution in [1.82, 2.24) is 0 Å². The Morgan fingerprint density at radius 3 is 2.64 bits per heavy atom. The molecule has 2 rings (SSSR count). The molecule has 0 saturated heterocycles. The lowest BCUT2D eigenvalue weighted by Gasteiger charge is -2.27. The van der Waals surface area contributed by atoms with Gasteiger partial charge in [-0.1, -0.05) is 30.3 Å². The van der Waals surface area contributed by atoms with E-state index in [0.717, 1.165) is 0 Å². The Kier molecular flexibility index (Phi) is 6.85. The first-order valence-electron chi connectivity index (χ1n) is 8.29. The molecule has 1 aliphatic heterocycles. The molecule has 146 valence electrons. The Bertz CT molecular complexity index is 927. The summed E-state index contributed by atoms with van der Waals surface area (Å²) in [6, 6.07) is 8.72. The van der Waals surface area contributed by atoms with E-state index in [1.807, 2.05) is 6.07 Å². The lowest BCUT2D eigenvalue weighted by atomic mass is 9.83. The molecule has 1 aromatic rings. The van der Waals surface area contributed by atoms with Crippen molar-refractivity contribution in [2.75, 3.05) is 13.2 Å². The third-order valence-corrected chi connectivity index (χ3v) is 4.14. The highest BCUT2D eigenvalue weighted by Crippen LogP contribution is 2.40. The molecule has 1 heterocycles. The van der Waals surface area contributed by atoms with E-state index < -0.39 is 17.9 Å². The number of hydrogen-bond donors (Lipinski definition) is 1. The summed E-state index contributed by atoms with van der Waals surface area (Å²) in [6.45, 7) is 6.23. The molecule has 0 amide bonds. The molecule has 0 unspecified atom stereocenters. The molecule has 28 heavy (non-hydrogen) atoms. The zero-order valence-corrected chi connectivity index (χ0v) is 16.2. The zero-order chi connectivity index (χ0) is 20.8. The number of ether oxygens (including phenoxy) is 3. The largest absolute Gasteiger partial charge is 0.459 e. The summed E-state index contributed by atoms with van der Waals surface area (Å²) in [5.41, 5.74) is 6.88. The molecule has 0 saturated carbocycles. The van der Waals surface area contributed by atoms with Gasteiger partial charge in [-0.2, -0.15) is 5.26 Å². The average Bonchev–Trinajstić information content (AvgIpc) is 2.64. The van der Waals surface area contributed by atoms with Crippen LogP contribution in [0.2, 0.25) is 5.02 Å². The number of esters is 2. The number of halogens is 1. The number of rotatable bonds is 6. The Balaban J connectivity index is 2.25. The van der Waals surface area contributed by atoms with Crippen molar-refractivity contribution in [3.8, 4) is 6.07 Å². The highest BCUT2D eigenvalue weighted by Gasteiger charge is 2.36. The predicted octanol–water partition coefficient (Wildman–Crippen LogP) is 3.08. The maximum Gasteiger partial charge on any atom is 0.338 e. The summed E-state index contributed by atoms with van der Waals surface area (Å²) in [4.78, 5) is 24.1. The van der Waals surface area contributed by atoms with Crippen LogP contribution in [-0.2, 0) is 23.8 Å². The Morgan fingerprint density at radius 1 is 1.36 bits per heavy atom. The summed E-state index contributed by atoms with van der Waals surface area (Å²) in [7, 11) is 0. The second-order valence-corrected chi connectivity index (χ2v) is 6.44. The molecule has 1 atom stereocenters. The third-order valence-electron chi connectivity index (χ3n) is 3.91. The van der Waals surface area contributed by atoms with E-state index in [1.54, 1.807) is 31.2 Å². The van der Waals surface area contributed by atoms with Crippen LogP contribution in [0.5, 0.6) is 0 Å². The molecule has 1 aliphatic rings. The summed E-state index contributed by atoms with van der Waals surface area (Å²) in [6.07, 6.45) is 0. The number of allylic oxidation sites excluding steroid dienone is 2. The molecular weight excluding hydrogens is 384 g/mol. The van der Waals surface area contributed by atoms with Crippen molar-refractivity contribution in [2.45, 2.75) is 19.8 Å². The number of carbonyl (C=O) groups is 2. The molecule has 0 bridgehead atoms. The topological polar surface area (TPSA) is 112 Å². The van der Waals surface area contributed by atoms with Crippen molar-refractivity contribution < 1.29 is 23.8 Å². The highest BCUT2D eigenvalue weighted by molar-refractivity contribution is 6.30. The van der Waals surface area contributed by atoms with Gasteiger partial charge in [0.1, 0.15) is 30.6 Å². The molecule has 0 fully saturated rings. The minimum absolute atomic E-state index is 0.0773. The molecule has 8 heteroatoms. The van der Waals surface area contributed by atoms with Crippen LogP contribution < -0.4 is 5.73 Å². The van der Waals surface area contributed by atoms with Crippen molar-refractivity contribution in [2.24, 2.45) is 5.73 Å². The van der Waals surface area contributed by atoms with Gasteiger partial charge in [0.15, 0.2) is 0 Å². The summed E-state index contributed by atoms with van der Waals surface area (Å²) < 4.78 is 15.5. The highest BCUT2D eigenvalue weighted by atomic mass is 35.5. The molecule has 2 N–H and O–H groups in total. The van der Waals surface area contributed by atoms with E-state index in [9.17, 15) is 14.9 Å². The maximum atomic E-state index is 12.7. The summed E-state index contributed by atoms with van der Waals surface area (Å²) >= 11 is 6.06. The normalized spacial score (nSPS) is 16.1. The molecule has 0 aromatic heterocycles. The Hall–Kier alpha value is -3.24. The lowest BCUT2D eigenvalue weighted by molar-refractivity contribution is -0.147. The standard InChI is InChI=1S/C20H19ClN2O5/c1-11(2)19(24)26-7-8-27-20(25)16-12(3)28-18(23)15(10-22)17(16)13-5-4-6-14(21)9-13/h4-6,9,17H,1,7-8,23H2,2-3H3/t17-/m0/s1. The molecular formula is C20H19ClN2O5. The van der Waals surface area contributed by atoms with Crippen LogP contribution in [0.1, 0.15) is 25.3 Å². The first kappa shape index (κ1) is 21.1. The smallest absolute Gasteiger partial charge is 0.338 e. The van der Waals surface area contributed by atoms with Crippen LogP contribution in [0.4, 0.5) is 0 Å². The van der Waals surface area contributed by atoms with Gasteiger partial charge in [0.25, 0.3) is 0 Å². The maximum absolute atomic E-state index is 12.7. The van der Waals surface area contributed by atoms with Crippen molar-refractivity contribution in [1.29, 1.82) is 5.26 Å². The molecule has 0 radical (unpaired) electrons. The molecule has 0 aliphatic carbocycles. The predicted molar refractivity (Wildman–Crippen MR) is 102 cm³/mol. The number of nitriles is 1. The van der Waals surface area contributed by atoms with Crippen molar-refractivity contribution >= 4 is 23.5 Å². The molecule has 1 aromatic carbocycles. The Labute approximate surface area is 167 Å². The average molecular weight is 403 g/mol. The van der Waals surface area contributed by atoms with E-state index >= 15 is 0 Å². The number of nitrogens with zero attached hydrogens (tertiary/aromatic N) is 1. The van der Waals surface area contributed by atoms with Gasteiger partial charge in [-0.3, -0.25) is 0 Å². The van der Waals surface area contributed by atoms with E-state index in [2.05, 4.69) is 6.58 Å². The number of nitrogens with two attached hydrogens (primary N) is 1. The first-order valence-corrected chi connectivity index (χ1v) is 8.67. The van der Waals surface area contributed by atoms with Crippen molar-refractivity contribution in [3.63, 3.8) is 0 Å². The summed E-state index contributed by atoms with van der Waals surface area (Å²) in [5.74, 6) is -1.95. The lowest BCUT2D eigenvalue weighted by Crippen LogP contribution is -2.26. The summed E-state index contributed by atoms with van der Waals surface area (Å²) in [5, 5.41) is 9.98. The number of hydrogen-bond acceptors (Lipinski definition) is 7. The third kappa shape index (κ3) is 4.72. The molecule has 0 spiro atoms. The minimum atomic E-state index is -0.789. The molecule has 7 nitrogen and oxygen atoms in total. The monoisotopic (exact) mass is 402 g/mol. The van der Waals surface area contributed by atoms with E-state index in [-0.39, 0.29) is 41.6 Å². The van der Waals surface area contributed by atoms with Gasteiger partial charge in [-0.15, -0.1) is 0 Å². The van der Waals surface area contributed by atoms with E-state index in [4.69, 9.17) is 31.5 Å². The van der Waals surface area contributed by atoms with Gasteiger partial charge in [0.05, 0.1) is 11.5 Å². The fourth-order valence-corrected chi connectivity index (χ4v) is 2.83. The van der Waals surface area contributed by atoms with Gasteiger partial charge >= 0.3 is 11.9 Å². The van der Waals surface area contributed by atoms with Gasteiger partial charge in [-0.05, 0) is 31.5 Å². The van der Waals surface area contributed by atoms with Crippen LogP contribution >= 0.6 is 11.6 Å². The Morgan fingerprint density at radius 2 is 2.04 bits per heavy atom. The van der Waals surface area contributed by atoms with Crippen molar-refractivity contribution in [3.05, 3.63) is 69.8 Å². The fraction of sp³-hybridized carbons (Fsp3) is 0.250. The van der Waals surface area contributed by atoms with Crippen LogP contribution in [0.15, 0.2) is 59.2 Å².